The summed E-state index contributed by atoms with van der Waals surface area (Å²) in [7, 11) is 1.69. The lowest BCUT2D eigenvalue weighted by Gasteiger charge is -2.27. The Morgan fingerprint density at radius 3 is 2.65 bits per heavy atom. The van der Waals surface area contributed by atoms with Gasteiger partial charge in [0, 0.05) is 18.7 Å². The number of carbonyl (C=O) groups excluding carboxylic acids is 1. The van der Waals surface area contributed by atoms with Crippen LogP contribution in [0.4, 0.5) is 5.69 Å². The molecular weight excluding hydrogens is 348 g/mol. The van der Waals surface area contributed by atoms with Gasteiger partial charge in [0.2, 0.25) is 5.91 Å². The fourth-order valence-corrected chi connectivity index (χ4v) is 3.50. The maximum Gasteiger partial charge on any atom is 0.221 e. The van der Waals surface area contributed by atoms with Crippen LogP contribution in [0.25, 0.3) is 0 Å². The molecule has 0 spiro atoms. The van der Waals surface area contributed by atoms with Crippen molar-refractivity contribution in [3.8, 4) is 5.75 Å². The van der Waals surface area contributed by atoms with Crippen molar-refractivity contribution in [2.24, 2.45) is 0 Å². The van der Waals surface area contributed by atoms with Crippen molar-refractivity contribution in [2.75, 3.05) is 19.0 Å². The molecule has 0 fully saturated rings. The first-order valence-corrected chi connectivity index (χ1v) is 8.90. The Kier molecular flexibility index (Phi) is 7.49. The molecule has 1 amide bonds. The molecule has 1 atom stereocenters. The minimum Gasteiger partial charge on any atom is -0.497 e. The third-order valence-electron chi connectivity index (χ3n) is 4.80. The molecule has 1 aliphatic carbocycles. The first-order valence-electron chi connectivity index (χ1n) is 8.90. The van der Waals surface area contributed by atoms with Crippen LogP contribution in [-0.2, 0) is 24.1 Å². The van der Waals surface area contributed by atoms with Crippen LogP contribution < -0.4 is 15.4 Å². The first-order chi connectivity index (χ1) is 12.2. The van der Waals surface area contributed by atoms with Crippen LogP contribution >= 0.6 is 12.4 Å². The predicted molar refractivity (Wildman–Crippen MR) is 109 cm³/mol. The van der Waals surface area contributed by atoms with Crippen molar-refractivity contribution in [3.05, 3.63) is 59.2 Å². The van der Waals surface area contributed by atoms with Crippen molar-refractivity contribution in [1.82, 2.24) is 5.32 Å². The molecule has 2 aromatic rings. The van der Waals surface area contributed by atoms with Crippen molar-refractivity contribution in [3.63, 3.8) is 0 Å². The number of hydrogen-bond acceptors (Lipinski definition) is 3. The van der Waals surface area contributed by atoms with E-state index >= 15 is 0 Å². The molecule has 2 aromatic carbocycles. The number of ether oxygens (including phenoxy) is 1. The number of halogens is 1. The minimum absolute atomic E-state index is 0. The third-order valence-corrected chi connectivity index (χ3v) is 4.80. The van der Waals surface area contributed by atoms with Crippen LogP contribution in [0.15, 0.2) is 42.5 Å². The molecule has 0 radical (unpaired) electrons. The summed E-state index contributed by atoms with van der Waals surface area (Å²) < 4.78 is 5.19. The van der Waals surface area contributed by atoms with Crippen LogP contribution in [0.5, 0.6) is 5.75 Å². The van der Waals surface area contributed by atoms with Crippen LogP contribution in [0.3, 0.4) is 0 Å². The van der Waals surface area contributed by atoms with E-state index < -0.39 is 0 Å². The molecule has 2 N–H and O–H groups in total. The van der Waals surface area contributed by atoms with Crippen LogP contribution in [0.1, 0.15) is 30.0 Å². The molecule has 1 unspecified atom stereocenters. The topological polar surface area (TPSA) is 50.4 Å². The van der Waals surface area contributed by atoms with Gasteiger partial charge in [0.1, 0.15) is 5.75 Å². The van der Waals surface area contributed by atoms with Crippen molar-refractivity contribution in [2.45, 2.75) is 38.6 Å². The summed E-state index contributed by atoms with van der Waals surface area (Å²) in [6, 6.07) is 15.0. The Morgan fingerprint density at radius 2 is 1.96 bits per heavy atom. The second-order valence-electron chi connectivity index (χ2n) is 6.62. The highest BCUT2D eigenvalue weighted by atomic mass is 35.5. The summed E-state index contributed by atoms with van der Waals surface area (Å²) in [5, 5.41) is 6.63. The number of anilines is 1. The number of amides is 1. The zero-order valence-electron chi connectivity index (χ0n) is 15.4. The Bertz CT molecular complexity index is 731. The second-order valence-corrected chi connectivity index (χ2v) is 6.62. The molecule has 5 heteroatoms. The highest BCUT2D eigenvalue weighted by molar-refractivity contribution is 5.89. The van der Waals surface area contributed by atoms with E-state index in [-0.39, 0.29) is 18.3 Å². The maximum atomic E-state index is 11.3. The van der Waals surface area contributed by atoms with Gasteiger partial charge >= 0.3 is 0 Å². The molecular formula is C21H27ClN2O2. The highest BCUT2D eigenvalue weighted by Gasteiger charge is 2.20. The summed E-state index contributed by atoms with van der Waals surface area (Å²) in [5.41, 5.74) is 4.93. The van der Waals surface area contributed by atoms with E-state index in [4.69, 9.17) is 4.74 Å². The molecule has 140 valence electrons. The summed E-state index contributed by atoms with van der Waals surface area (Å²) in [5.74, 6) is 0.892. The lowest BCUT2D eigenvalue weighted by Crippen LogP contribution is -2.36. The van der Waals surface area contributed by atoms with Crippen LogP contribution in [0, 0.1) is 0 Å². The monoisotopic (exact) mass is 374 g/mol. The number of nitrogens with one attached hydrogen (secondary N) is 2. The second kappa shape index (κ2) is 9.60. The summed E-state index contributed by atoms with van der Waals surface area (Å²) in [4.78, 5) is 11.3. The minimum atomic E-state index is -0.00635. The summed E-state index contributed by atoms with van der Waals surface area (Å²) in [6.07, 6.45) is 4.14. The molecule has 0 aromatic heterocycles. The van der Waals surface area contributed by atoms with Crippen LogP contribution in [0.2, 0.25) is 0 Å². The number of fused-ring (bicyclic) bond motifs is 1. The van der Waals surface area contributed by atoms with E-state index in [2.05, 4.69) is 28.8 Å². The average molecular weight is 375 g/mol. The van der Waals surface area contributed by atoms with E-state index in [1.165, 1.54) is 16.7 Å². The summed E-state index contributed by atoms with van der Waals surface area (Å²) >= 11 is 0. The van der Waals surface area contributed by atoms with Gasteiger partial charge < -0.3 is 15.4 Å². The molecule has 1 aliphatic rings. The van der Waals surface area contributed by atoms with E-state index in [0.29, 0.717) is 6.04 Å². The maximum absolute atomic E-state index is 11.3. The Morgan fingerprint density at radius 1 is 1.19 bits per heavy atom. The standard InChI is InChI=1S/C21H26N2O2.ClH/c1-15(24)23-21-5-3-4-17-14-18(8-11-20(17)21)22-13-12-16-6-9-19(25-2)10-7-16;/h3-7,9-10,18,22H,8,11-14H2,1-2H3,(H,23,24);1H. The lowest BCUT2D eigenvalue weighted by atomic mass is 9.87. The van der Waals surface area contributed by atoms with Gasteiger partial charge in [0.25, 0.3) is 0 Å². The molecule has 0 saturated heterocycles. The van der Waals surface area contributed by atoms with Crippen molar-refractivity contribution >= 4 is 24.0 Å². The fourth-order valence-electron chi connectivity index (χ4n) is 3.50. The Hall–Kier alpha value is -2.04. The van der Waals surface area contributed by atoms with Gasteiger partial charge in [0.05, 0.1) is 7.11 Å². The SMILES string of the molecule is COc1ccc(CCNC2CCc3c(cccc3NC(C)=O)C2)cc1.Cl. The number of benzene rings is 2. The van der Waals surface area contributed by atoms with Gasteiger partial charge in [-0.3, -0.25) is 4.79 Å². The number of rotatable bonds is 6. The van der Waals surface area contributed by atoms with E-state index in [1.54, 1.807) is 14.0 Å². The number of methoxy groups -OCH3 is 1. The van der Waals surface area contributed by atoms with Gasteiger partial charge in [-0.05, 0) is 67.1 Å². The van der Waals surface area contributed by atoms with Gasteiger partial charge in [-0.25, -0.2) is 0 Å². The lowest BCUT2D eigenvalue weighted by molar-refractivity contribution is -0.114. The van der Waals surface area contributed by atoms with E-state index in [0.717, 1.165) is 43.7 Å². The summed E-state index contributed by atoms with van der Waals surface area (Å²) in [6.45, 7) is 2.53. The fraction of sp³-hybridized carbons (Fsp3) is 0.381. The van der Waals surface area contributed by atoms with Gasteiger partial charge in [-0.15, -0.1) is 12.4 Å². The highest BCUT2D eigenvalue weighted by Crippen LogP contribution is 2.28. The van der Waals surface area contributed by atoms with Crippen molar-refractivity contribution in [1.29, 1.82) is 0 Å². The molecule has 0 saturated carbocycles. The molecule has 0 bridgehead atoms. The normalized spacial score (nSPS) is 15.5. The van der Waals surface area contributed by atoms with Gasteiger partial charge in [0.15, 0.2) is 0 Å². The number of hydrogen-bond donors (Lipinski definition) is 2. The molecule has 0 heterocycles. The Balaban J connectivity index is 0.00000243. The van der Waals surface area contributed by atoms with Gasteiger partial charge in [-0.2, -0.15) is 0 Å². The number of carbonyl (C=O) groups is 1. The zero-order valence-corrected chi connectivity index (χ0v) is 16.2. The zero-order chi connectivity index (χ0) is 17.6. The average Bonchev–Trinajstić information content (AvgIpc) is 2.62. The van der Waals surface area contributed by atoms with Gasteiger partial charge in [-0.1, -0.05) is 24.3 Å². The molecule has 26 heavy (non-hydrogen) atoms. The van der Waals surface area contributed by atoms with E-state index in [9.17, 15) is 4.79 Å². The molecule has 3 rings (SSSR count). The van der Waals surface area contributed by atoms with Crippen molar-refractivity contribution < 1.29 is 9.53 Å². The van der Waals surface area contributed by atoms with E-state index in [1.807, 2.05) is 24.3 Å². The largest absolute Gasteiger partial charge is 0.497 e. The predicted octanol–water partition coefficient (Wildman–Crippen LogP) is 3.77. The molecule has 0 aliphatic heterocycles. The molecule has 4 nitrogen and oxygen atoms in total. The quantitative estimate of drug-likeness (QED) is 0.809. The first kappa shape index (κ1) is 20.3. The Labute approximate surface area is 161 Å². The van der Waals surface area contributed by atoms with Crippen LogP contribution in [-0.4, -0.2) is 25.6 Å². The third kappa shape index (κ3) is 5.23. The smallest absolute Gasteiger partial charge is 0.221 e.